The first-order chi connectivity index (χ1) is 4.38. The van der Waals surface area contributed by atoms with Crippen molar-refractivity contribution < 1.29 is 4.79 Å². The zero-order valence-electron chi connectivity index (χ0n) is 4.61. The highest BCUT2D eigenvalue weighted by Crippen LogP contribution is 2.04. The van der Waals surface area contributed by atoms with Crippen LogP contribution in [-0.2, 0) is 6.67 Å². The maximum absolute atomic E-state index is 10.7. The molecule has 1 radical (unpaired) electrons. The van der Waals surface area contributed by atoms with Gasteiger partial charge in [-0.3, -0.25) is 4.79 Å². The van der Waals surface area contributed by atoms with E-state index in [-0.39, 0.29) is 5.91 Å². The minimum atomic E-state index is -0.160. The molecule has 0 fully saturated rings. The van der Waals surface area contributed by atoms with Gasteiger partial charge in [0.1, 0.15) is 12.4 Å². The third kappa shape index (κ3) is 0.468. The number of rotatable bonds is 0. The van der Waals surface area contributed by atoms with Crippen LogP contribution in [0.25, 0.3) is 0 Å². The minimum Gasteiger partial charge on any atom is -0.306 e. The molecule has 0 bridgehead atoms. The van der Waals surface area contributed by atoms with Crippen molar-refractivity contribution in [2.75, 3.05) is 0 Å². The fraction of sp³-hybridized carbons (Fsp3) is 0.200. The number of aromatic nitrogens is 2. The van der Waals surface area contributed by atoms with E-state index in [1.165, 1.54) is 6.20 Å². The largest absolute Gasteiger partial charge is 0.306 e. The lowest BCUT2D eigenvalue weighted by molar-refractivity contribution is 0.0961. The summed E-state index contributed by atoms with van der Waals surface area (Å²) in [4.78, 5) is 14.5. The Morgan fingerprint density at radius 2 is 2.56 bits per heavy atom. The van der Waals surface area contributed by atoms with Crippen molar-refractivity contribution in [1.29, 1.82) is 0 Å². The van der Waals surface area contributed by atoms with Gasteiger partial charge in [-0.15, -0.1) is 0 Å². The topological polar surface area (TPSA) is 49.0 Å². The number of imidazole rings is 1. The third-order valence-electron chi connectivity index (χ3n) is 1.30. The molecule has 4 nitrogen and oxygen atoms in total. The van der Waals surface area contributed by atoms with Crippen LogP contribution in [-0.4, -0.2) is 15.5 Å². The van der Waals surface area contributed by atoms with Gasteiger partial charge in [0.15, 0.2) is 0 Å². The Morgan fingerprint density at radius 3 is 3.33 bits per heavy atom. The van der Waals surface area contributed by atoms with Crippen LogP contribution >= 0.6 is 0 Å². The molecule has 1 aliphatic heterocycles. The number of amides is 1. The number of fused-ring (bicyclic) bond motifs is 1. The van der Waals surface area contributed by atoms with Gasteiger partial charge in [-0.25, -0.2) is 10.3 Å². The summed E-state index contributed by atoms with van der Waals surface area (Å²) in [6, 6.07) is 0. The zero-order valence-corrected chi connectivity index (χ0v) is 4.61. The summed E-state index contributed by atoms with van der Waals surface area (Å²) in [7, 11) is 0. The van der Waals surface area contributed by atoms with E-state index < -0.39 is 0 Å². The van der Waals surface area contributed by atoms with Crippen LogP contribution in [0, 0.1) is 0 Å². The first-order valence-corrected chi connectivity index (χ1v) is 2.60. The molecule has 1 amide bonds. The number of nitrogens with zero attached hydrogens (tertiary/aromatic N) is 3. The van der Waals surface area contributed by atoms with Gasteiger partial charge in [-0.1, -0.05) is 0 Å². The molecule has 0 aliphatic carbocycles. The molecule has 2 heterocycles. The summed E-state index contributed by atoms with van der Waals surface area (Å²) < 4.78 is 1.71. The molecule has 0 unspecified atom stereocenters. The van der Waals surface area contributed by atoms with Gasteiger partial charge in [0.2, 0.25) is 0 Å². The normalized spacial score (nSPS) is 15.3. The lowest BCUT2D eigenvalue weighted by Gasteiger charge is -1.84. The fourth-order valence-corrected chi connectivity index (χ4v) is 0.833. The van der Waals surface area contributed by atoms with Crippen LogP contribution < -0.4 is 5.32 Å². The van der Waals surface area contributed by atoms with Crippen molar-refractivity contribution in [3.05, 3.63) is 18.2 Å². The van der Waals surface area contributed by atoms with Crippen LogP contribution in [0.15, 0.2) is 12.5 Å². The molecule has 2 rings (SSSR count). The average Bonchev–Trinajstić information content (AvgIpc) is 2.35. The van der Waals surface area contributed by atoms with Crippen molar-refractivity contribution in [2.24, 2.45) is 0 Å². The SMILES string of the molecule is O=C1[N]Cn2cncc21. The highest BCUT2D eigenvalue weighted by Gasteiger charge is 2.18. The van der Waals surface area contributed by atoms with E-state index in [4.69, 9.17) is 0 Å². The smallest absolute Gasteiger partial charge is 0.292 e. The summed E-state index contributed by atoms with van der Waals surface area (Å²) in [6.07, 6.45) is 3.13. The minimum absolute atomic E-state index is 0.160. The molecule has 0 saturated heterocycles. The van der Waals surface area contributed by atoms with Crippen molar-refractivity contribution in [3.63, 3.8) is 0 Å². The number of carbonyl (C=O) groups is 1. The predicted octanol–water partition coefficient (Wildman–Crippen LogP) is -0.401. The van der Waals surface area contributed by atoms with E-state index in [2.05, 4.69) is 10.3 Å². The van der Waals surface area contributed by atoms with Gasteiger partial charge < -0.3 is 4.57 Å². The molecular formula is C5H4N3O. The van der Waals surface area contributed by atoms with Gasteiger partial charge in [0.25, 0.3) is 5.91 Å². The van der Waals surface area contributed by atoms with Gasteiger partial charge in [0.05, 0.1) is 12.5 Å². The summed E-state index contributed by atoms with van der Waals surface area (Å²) in [5, 5.41) is 3.65. The summed E-state index contributed by atoms with van der Waals surface area (Å²) in [6.45, 7) is 0.439. The van der Waals surface area contributed by atoms with Gasteiger partial charge >= 0.3 is 0 Å². The Balaban J connectivity index is 2.61. The second-order valence-corrected chi connectivity index (χ2v) is 1.85. The lowest BCUT2D eigenvalue weighted by Crippen LogP contribution is -2.04. The average molecular weight is 122 g/mol. The van der Waals surface area contributed by atoms with E-state index >= 15 is 0 Å². The zero-order chi connectivity index (χ0) is 6.27. The standard InChI is InChI=1S/C5H4N3O/c9-5-4-1-6-2-8(4)3-7-5/h1-2H,3H2. The predicted molar refractivity (Wildman–Crippen MR) is 28.7 cm³/mol. The third-order valence-corrected chi connectivity index (χ3v) is 1.30. The Hall–Kier alpha value is -1.32. The van der Waals surface area contributed by atoms with Crippen LogP contribution in [0.5, 0.6) is 0 Å². The van der Waals surface area contributed by atoms with E-state index in [0.29, 0.717) is 12.4 Å². The van der Waals surface area contributed by atoms with Gasteiger partial charge in [-0.2, -0.15) is 0 Å². The Bertz CT molecular complexity index is 252. The van der Waals surface area contributed by atoms with Crippen LogP contribution in [0.2, 0.25) is 0 Å². The molecule has 1 aromatic heterocycles. The molecule has 45 valence electrons. The molecule has 0 spiro atoms. The van der Waals surface area contributed by atoms with E-state index in [1.54, 1.807) is 10.9 Å². The first kappa shape index (κ1) is 4.55. The summed E-state index contributed by atoms with van der Waals surface area (Å²) in [5.74, 6) is -0.160. The molecule has 4 heteroatoms. The van der Waals surface area contributed by atoms with Crippen LogP contribution in [0.3, 0.4) is 0 Å². The Labute approximate surface area is 51.5 Å². The van der Waals surface area contributed by atoms with Crippen molar-refractivity contribution in [2.45, 2.75) is 6.67 Å². The summed E-state index contributed by atoms with van der Waals surface area (Å²) in [5.41, 5.74) is 0.593. The Morgan fingerprint density at radius 1 is 1.67 bits per heavy atom. The molecule has 9 heavy (non-hydrogen) atoms. The molecular weight excluding hydrogens is 118 g/mol. The summed E-state index contributed by atoms with van der Waals surface area (Å²) >= 11 is 0. The van der Waals surface area contributed by atoms with E-state index in [1.807, 2.05) is 0 Å². The quantitative estimate of drug-likeness (QED) is 0.470. The number of carbonyl (C=O) groups excluding carboxylic acids is 1. The maximum Gasteiger partial charge on any atom is 0.292 e. The monoisotopic (exact) mass is 122 g/mol. The van der Waals surface area contributed by atoms with Crippen LogP contribution in [0.1, 0.15) is 10.5 Å². The number of hydrogen-bond acceptors (Lipinski definition) is 2. The molecule has 1 aromatic rings. The second-order valence-electron chi connectivity index (χ2n) is 1.85. The molecule has 0 saturated carbocycles. The molecule has 0 atom stereocenters. The maximum atomic E-state index is 10.7. The van der Waals surface area contributed by atoms with E-state index in [0.717, 1.165) is 0 Å². The molecule has 1 aliphatic rings. The molecule has 0 N–H and O–H groups in total. The fourth-order valence-electron chi connectivity index (χ4n) is 0.833. The molecule has 0 aromatic carbocycles. The van der Waals surface area contributed by atoms with Crippen molar-refractivity contribution >= 4 is 5.91 Å². The second kappa shape index (κ2) is 1.34. The van der Waals surface area contributed by atoms with E-state index in [9.17, 15) is 4.79 Å². The Kier molecular flexibility index (Phi) is 0.677. The highest BCUT2D eigenvalue weighted by molar-refractivity contribution is 5.93. The van der Waals surface area contributed by atoms with Crippen molar-refractivity contribution in [3.8, 4) is 0 Å². The first-order valence-electron chi connectivity index (χ1n) is 2.60. The van der Waals surface area contributed by atoms with Gasteiger partial charge in [-0.05, 0) is 0 Å². The van der Waals surface area contributed by atoms with Gasteiger partial charge in [0, 0.05) is 0 Å². The highest BCUT2D eigenvalue weighted by atomic mass is 16.2. The lowest BCUT2D eigenvalue weighted by atomic mass is 10.5. The number of hydrogen-bond donors (Lipinski definition) is 0. The van der Waals surface area contributed by atoms with Crippen LogP contribution in [0.4, 0.5) is 0 Å². The van der Waals surface area contributed by atoms with Crippen molar-refractivity contribution in [1.82, 2.24) is 14.9 Å².